The molecular formula is C17H20FN5. The number of nitrogens with zero attached hydrogens (tertiary/aromatic N) is 4. The number of fused-ring (bicyclic) bond motifs is 1. The van der Waals surface area contributed by atoms with Crippen molar-refractivity contribution in [2.24, 2.45) is 0 Å². The highest BCUT2D eigenvalue weighted by atomic mass is 19.1. The fourth-order valence-corrected chi connectivity index (χ4v) is 2.39. The van der Waals surface area contributed by atoms with Crippen LogP contribution in [0.3, 0.4) is 0 Å². The summed E-state index contributed by atoms with van der Waals surface area (Å²) in [6.45, 7) is 8.24. The van der Waals surface area contributed by atoms with Gasteiger partial charge in [-0.05, 0) is 36.8 Å². The minimum Gasteiger partial charge on any atom is -0.362 e. The van der Waals surface area contributed by atoms with E-state index in [1.807, 2.05) is 19.1 Å². The topological polar surface area (TPSA) is 55.1 Å². The van der Waals surface area contributed by atoms with Gasteiger partial charge in [-0.2, -0.15) is 4.52 Å². The number of hydrogen-bond acceptors (Lipinski definition) is 4. The number of rotatable bonds is 3. The molecule has 1 N–H and O–H groups in total. The Labute approximate surface area is 134 Å². The van der Waals surface area contributed by atoms with Crippen LogP contribution in [0.2, 0.25) is 0 Å². The van der Waals surface area contributed by atoms with Crippen LogP contribution in [0.25, 0.3) is 5.65 Å². The molecule has 2 heterocycles. The van der Waals surface area contributed by atoms with Crippen molar-refractivity contribution in [3.63, 3.8) is 0 Å². The summed E-state index contributed by atoms with van der Waals surface area (Å²) >= 11 is 0. The second-order valence-corrected chi connectivity index (χ2v) is 6.68. The van der Waals surface area contributed by atoms with Gasteiger partial charge in [0.1, 0.15) is 11.6 Å². The van der Waals surface area contributed by atoms with Crippen LogP contribution in [-0.4, -0.2) is 19.8 Å². The van der Waals surface area contributed by atoms with E-state index in [2.05, 4.69) is 41.4 Å². The lowest BCUT2D eigenvalue weighted by molar-refractivity contribution is 0.527. The fourth-order valence-electron chi connectivity index (χ4n) is 2.39. The zero-order valence-corrected chi connectivity index (χ0v) is 13.7. The molecule has 0 fully saturated rings. The Hall–Kier alpha value is -2.50. The zero-order chi connectivity index (χ0) is 16.6. The molecular weight excluding hydrogens is 293 g/mol. The van der Waals surface area contributed by atoms with Gasteiger partial charge in [0.25, 0.3) is 0 Å². The molecule has 0 unspecified atom stereocenters. The van der Waals surface area contributed by atoms with Gasteiger partial charge in [0.2, 0.25) is 0 Å². The number of benzene rings is 1. The van der Waals surface area contributed by atoms with E-state index >= 15 is 0 Å². The molecule has 0 bridgehead atoms. The van der Waals surface area contributed by atoms with Gasteiger partial charge in [0, 0.05) is 5.41 Å². The summed E-state index contributed by atoms with van der Waals surface area (Å²) in [6.07, 6.45) is 0. The van der Waals surface area contributed by atoms with Gasteiger partial charge in [0.15, 0.2) is 11.5 Å². The molecule has 23 heavy (non-hydrogen) atoms. The van der Waals surface area contributed by atoms with Crippen LogP contribution < -0.4 is 5.32 Å². The predicted octanol–water partition coefficient (Wildman–Crippen LogP) is 3.73. The number of hydrogen-bond donors (Lipinski definition) is 1. The first-order valence-electron chi connectivity index (χ1n) is 7.59. The summed E-state index contributed by atoms with van der Waals surface area (Å²) in [6, 6.07) is 10.2. The van der Waals surface area contributed by atoms with Gasteiger partial charge in [-0.1, -0.05) is 32.9 Å². The third-order valence-corrected chi connectivity index (χ3v) is 3.67. The lowest BCUT2D eigenvalue weighted by Crippen LogP contribution is -2.18. The second-order valence-electron chi connectivity index (χ2n) is 6.68. The Balaban J connectivity index is 1.89. The Morgan fingerprint density at radius 3 is 2.39 bits per heavy atom. The molecule has 0 aliphatic heterocycles. The van der Waals surface area contributed by atoms with E-state index in [9.17, 15) is 4.39 Å². The number of nitrogens with one attached hydrogen (secondary N) is 1. The van der Waals surface area contributed by atoms with Crippen molar-refractivity contribution in [2.45, 2.75) is 39.2 Å². The van der Waals surface area contributed by atoms with Crippen LogP contribution in [0.4, 0.5) is 10.2 Å². The highest BCUT2D eigenvalue weighted by Crippen LogP contribution is 2.22. The van der Waals surface area contributed by atoms with Crippen LogP contribution >= 0.6 is 0 Å². The minimum atomic E-state index is -0.236. The largest absolute Gasteiger partial charge is 0.362 e. The summed E-state index contributed by atoms with van der Waals surface area (Å²) in [7, 11) is 0. The quantitative estimate of drug-likeness (QED) is 0.800. The maximum atomic E-state index is 13.0. The molecule has 0 saturated heterocycles. The first-order chi connectivity index (χ1) is 10.8. The number of halogens is 1. The maximum absolute atomic E-state index is 13.0. The molecule has 1 atom stereocenters. The third-order valence-electron chi connectivity index (χ3n) is 3.67. The molecule has 5 nitrogen and oxygen atoms in total. The molecule has 3 aromatic rings. The van der Waals surface area contributed by atoms with Crippen molar-refractivity contribution in [2.75, 3.05) is 5.32 Å². The Morgan fingerprint density at radius 1 is 1.04 bits per heavy atom. The van der Waals surface area contributed by atoms with Crippen LogP contribution in [0, 0.1) is 5.82 Å². The summed E-state index contributed by atoms with van der Waals surface area (Å²) in [5, 5.41) is 16.3. The fraction of sp³-hybridized carbons (Fsp3) is 0.353. The lowest BCUT2D eigenvalue weighted by atomic mass is 9.96. The van der Waals surface area contributed by atoms with Gasteiger partial charge >= 0.3 is 0 Å². The van der Waals surface area contributed by atoms with Crippen LogP contribution in [0.1, 0.15) is 45.1 Å². The molecule has 120 valence electrons. The average molecular weight is 313 g/mol. The predicted molar refractivity (Wildman–Crippen MR) is 87.9 cm³/mol. The maximum Gasteiger partial charge on any atom is 0.178 e. The molecule has 0 spiro atoms. The van der Waals surface area contributed by atoms with Crippen molar-refractivity contribution in [1.29, 1.82) is 0 Å². The molecule has 6 heteroatoms. The van der Waals surface area contributed by atoms with Crippen LogP contribution in [0.15, 0.2) is 36.4 Å². The second kappa shape index (κ2) is 5.61. The highest BCUT2D eigenvalue weighted by Gasteiger charge is 2.22. The standard InChI is InChI=1S/C17H20FN5/c1-11(12-5-7-13(18)8-6-12)19-14-9-10-15-20-21-16(17(2,3)4)23(15)22-14/h5-11H,1-4H3,(H,19,22)/t11-/m1/s1. The smallest absolute Gasteiger partial charge is 0.178 e. The average Bonchev–Trinajstić information content (AvgIpc) is 2.91. The van der Waals surface area contributed by atoms with Gasteiger partial charge in [0.05, 0.1) is 6.04 Å². The van der Waals surface area contributed by atoms with Crippen molar-refractivity contribution >= 4 is 11.5 Å². The molecule has 3 rings (SSSR count). The van der Waals surface area contributed by atoms with Gasteiger partial charge in [-0.15, -0.1) is 15.3 Å². The van der Waals surface area contributed by atoms with E-state index in [0.717, 1.165) is 22.9 Å². The van der Waals surface area contributed by atoms with E-state index in [-0.39, 0.29) is 17.3 Å². The van der Waals surface area contributed by atoms with E-state index in [1.54, 1.807) is 16.6 Å². The van der Waals surface area contributed by atoms with Gasteiger partial charge < -0.3 is 5.32 Å². The monoisotopic (exact) mass is 313 g/mol. The minimum absolute atomic E-state index is 0.00937. The molecule has 0 amide bonds. The van der Waals surface area contributed by atoms with Crippen molar-refractivity contribution in [3.8, 4) is 0 Å². The Kier molecular flexibility index (Phi) is 3.75. The number of aromatic nitrogens is 4. The summed E-state index contributed by atoms with van der Waals surface area (Å²) in [4.78, 5) is 0. The summed E-state index contributed by atoms with van der Waals surface area (Å²) < 4.78 is 14.8. The Bertz CT molecular complexity index is 817. The molecule has 1 aromatic carbocycles. The first kappa shape index (κ1) is 15.4. The van der Waals surface area contributed by atoms with E-state index < -0.39 is 0 Å². The Morgan fingerprint density at radius 2 is 1.74 bits per heavy atom. The SMILES string of the molecule is C[C@@H](Nc1ccc2nnc(C(C)(C)C)n2n1)c1ccc(F)cc1. The third kappa shape index (κ3) is 3.16. The van der Waals surface area contributed by atoms with E-state index in [1.165, 1.54) is 12.1 Å². The highest BCUT2D eigenvalue weighted by molar-refractivity contribution is 5.45. The lowest BCUT2D eigenvalue weighted by Gasteiger charge is -2.17. The molecule has 0 radical (unpaired) electrons. The van der Waals surface area contributed by atoms with Gasteiger partial charge in [-0.3, -0.25) is 0 Å². The van der Waals surface area contributed by atoms with Crippen molar-refractivity contribution in [3.05, 3.63) is 53.6 Å². The molecule has 0 aliphatic carbocycles. The van der Waals surface area contributed by atoms with Crippen molar-refractivity contribution in [1.82, 2.24) is 19.8 Å². The molecule has 2 aromatic heterocycles. The molecule has 0 aliphatic rings. The van der Waals surface area contributed by atoms with Crippen LogP contribution in [0.5, 0.6) is 0 Å². The molecule has 0 saturated carbocycles. The zero-order valence-electron chi connectivity index (χ0n) is 13.7. The summed E-state index contributed by atoms with van der Waals surface area (Å²) in [5.74, 6) is 1.30. The summed E-state index contributed by atoms with van der Waals surface area (Å²) in [5.41, 5.74) is 1.57. The van der Waals surface area contributed by atoms with Gasteiger partial charge in [-0.25, -0.2) is 4.39 Å². The normalized spacial score (nSPS) is 13.3. The van der Waals surface area contributed by atoms with E-state index in [0.29, 0.717) is 0 Å². The van der Waals surface area contributed by atoms with Crippen molar-refractivity contribution < 1.29 is 4.39 Å². The first-order valence-corrected chi connectivity index (χ1v) is 7.59. The van der Waals surface area contributed by atoms with Crippen LogP contribution in [-0.2, 0) is 5.41 Å². The van der Waals surface area contributed by atoms with E-state index in [4.69, 9.17) is 0 Å². The number of anilines is 1.